The second-order valence-electron chi connectivity index (χ2n) is 9.09. The average molecular weight is 492 g/mol. The molecule has 1 aliphatic rings. The molecule has 0 amide bonds. The summed E-state index contributed by atoms with van der Waals surface area (Å²) in [6.45, 7) is 6.81. The van der Waals surface area contributed by atoms with Crippen LogP contribution in [0.2, 0.25) is 0 Å². The minimum Gasteiger partial charge on any atom is -0.493 e. The van der Waals surface area contributed by atoms with Crippen molar-refractivity contribution in [3.63, 3.8) is 0 Å². The number of fused-ring (bicyclic) bond motifs is 2. The van der Waals surface area contributed by atoms with Gasteiger partial charge in [0, 0.05) is 54.9 Å². The number of H-pyrrole nitrogens is 1. The van der Waals surface area contributed by atoms with Crippen LogP contribution in [-0.4, -0.2) is 79.5 Å². The first kappa shape index (κ1) is 24.3. The van der Waals surface area contributed by atoms with Gasteiger partial charge < -0.3 is 34.1 Å². The number of piperazine rings is 1. The van der Waals surface area contributed by atoms with Gasteiger partial charge in [-0.3, -0.25) is 0 Å². The van der Waals surface area contributed by atoms with E-state index in [-0.39, 0.29) is 0 Å². The van der Waals surface area contributed by atoms with Crippen molar-refractivity contribution in [2.75, 3.05) is 53.6 Å². The molecule has 5 rings (SSSR count). The standard InChI is InChI=1S/C27H33N5O4/c1-18-12-19-13-21(4-5-23(19)31-18)36-27-22-14-25(33-3)26(15-24(22)29-17-30-27)35-11-10-34-9-6-20-16-28-7-8-32(20)2/h4-5,12-15,17,20,28,31H,6-11,16H2,1-3H3. The van der Waals surface area contributed by atoms with Crippen molar-refractivity contribution < 1.29 is 18.9 Å². The van der Waals surface area contributed by atoms with Gasteiger partial charge in [-0.2, -0.15) is 0 Å². The summed E-state index contributed by atoms with van der Waals surface area (Å²) in [6, 6.07) is 12.2. The lowest BCUT2D eigenvalue weighted by Gasteiger charge is -2.32. The van der Waals surface area contributed by atoms with E-state index in [9.17, 15) is 0 Å². The van der Waals surface area contributed by atoms with Gasteiger partial charge in [-0.25, -0.2) is 9.97 Å². The Balaban J connectivity index is 1.22. The first-order valence-electron chi connectivity index (χ1n) is 12.3. The zero-order valence-electron chi connectivity index (χ0n) is 21.0. The SMILES string of the molecule is COc1cc2c(Oc3ccc4[nH]c(C)cc4c3)ncnc2cc1OCCOCCC1CNCCN1C. The molecule has 1 atom stereocenters. The van der Waals surface area contributed by atoms with E-state index in [0.29, 0.717) is 54.5 Å². The highest BCUT2D eigenvalue weighted by atomic mass is 16.5. The molecule has 1 fully saturated rings. The Bertz CT molecular complexity index is 1320. The molecule has 0 saturated carbocycles. The van der Waals surface area contributed by atoms with Crippen molar-refractivity contribution in [3.05, 3.63) is 48.4 Å². The monoisotopic (exact) mass is 491 g/mol. The predicted octanol–water partition coefficient (Wildman–Crippen LogP) is 3.91. The third-order valence-electron chi connectivity index (χ3n) is 6.55. The molecule has 9 heteroatoms. The Labute approximate surface area is 210 Å². The first-order valence-corrected chi connectivity index (χ1v) is 12.3. The molecule has 2 aromatic heterocycles. The third-order valence-corrected chi connectivity index (χ3v) is 6.55. The zero-order chi connectivity index (χ0) is 24.9. The number of rotatable bonds is 10. The number of nitrogens with one attached hydrogen (secondary N) is 2. The van der Waals surface area contributed by atoms with Crippen LogP contribution in [0.3, 0.4) is 0 Å². The molecule has 1 unspecified atom stereocenters. The number of methoxy groups -OCH3 is 1. The number of aryl methyl sites for hydroxylation is 1. The second kappa shape index (κ2) is 11.1. The predicted molar refractivity (Wildman–Crippen MR) is 139 cm³/mol. The van der Waals surface area contributed by atoms with Crippen molar-refractivity contribution in [3.8, 4) is 23.1 Å². The van der Waals surface area contributed by atoms with Crippen molar-refractivity contribution in [2.24, 2.45) is 0 Å². The molecule has 0 spiro atoms. The summed E-state index contributed by atoms with van der Waals surface area (Å²) in [7, 11) is 3.79. The van der Waals surface area contributed by atoms with E-state index in [4.69, 9.17) is 18.9 Å². The number of ether oxygens (including phenoxy) is 4. The Hall–Kier alpha value is -3.40. The highest BCUT2D eigenvalue weighted by Gasteiger charge is 2.18. The molecule has 0 bridgehead atoms. The van der Waals surface area contributed by atoms with Gasteiger partial charge in [0.1, 0.15) is 18.7 Å². The maximum Gasteiger partial charge on any atom is 0.230 e. The molecule has 0 radical (unpaired) electrons. The fraction of sp³-hybridized carbons (Fsp3) is 0.407. The fourth-order valence-corrected chi connectivity index (χ4v) is 4.54. The smallest absolute Gasteiger partial charge is 0.230 e. The van der Waals surface area contributed by atoms with Crippen LogP contribution in [0.15, 0.2) is 42.7 Å². The number of aromatic nitrogens is 3. The summed E-state index contributed by atoms with van der Waals surface area (Å²) in [5, 5.41) is 5.26. The van der Waals surface area contributed by atoms with Gasteiger partial charge in [-0.05, 0) is 50.7 Å². The van der Waals surface area contributed by atoms with E-state index < -0.39 is 0 Å². The minimum atomic E-state index is 0.422. The molecule has 9 nitrogen and oxygen atoms in total. The molecule has 2 N–H and O–H groups in total. The molecule has 1 aliphatic heterocycles. The lowest BCUT2D eigenvalue weighted by atomic mass is 10.1. The number of aromatic amines is 1. The van der Waals surface area contributed by atoms with Crippen LogP contribution in [0.4, 0.5) is 0 Å². The quantitative estimate of drug-likeness (QED) is 0.323. The Morgan fingerprint density at radius 3 is 2.83 bits per heavy atom. The molecule has 190 valence electrons. The molecule has 0 aliphatic carbocycles. The average Bonchev–Trinajstić information content (AvgIpc) is 3.26. The summed E-state index contributed by atoms with van der Waals surface area (Å²) in [5.74, 6) is 2.36. The fourth-order valence-electron chi connectivity index (χ4n) is 4.54. The first-order chi connectivity index (χ1) is 17.6. The molecular formula is C27H33N5O4. The molecular weight excluding hydrogens is 458 g/mol. The Kier molecular flexibility index (Phi) is 7.50. The van der Waals surface area contributed by atoms with Crippen molar-refractivity contribution in [1.29, 1.82) is 0 Å². The second-order valence-corrected chi connectivity index (χ2v) is 9.09. The van der Waals surface area contributed by atoms with Gasteiger partial charge in [-0.1, -0.05) is 0 Å². The van der Waals surface area contributed by atoms with E-state index in [1.807, 2.05) is 37.3 Å². The summed E-state index contributed by atoms with van der Waals surface area (Å²) in [4.78, 5) is 14.5. The van der Waals surface area contributed by atoms with Crippen LogP contribution < -0.4 is 19.5 Å². The Morgan fingerprint density at radius 2 is 1.97 bits per heavy atom. The van der Waals surface area contributed by atoms with Crippen molar-refractivity contribution in [1.82, 2.24) is 25.2 Å². The normalized spacial score (nSPS) is 16.5. The van der Waals surface area contributed by atoms with Crippen LogP contribution in [0.5, 0.6) is 23.1 Å². The number of hydrogen-bond donors (Lipinski definition) is 2. The lowest BCUT2D eigenvalue weighted by Crippen LogP contribution is -2.49. The summed E-state index contributed by atoms with van der Waals surface area (Å²) < 4.78 is 23.5. The Morgan fingerprint density at radius 1 is 1.06 bits per heavy atom. The number of hydrogen-bond acceptors (Lipinski definition) is 8. The maximum absolute atomic E-state index is 6.14. The number of nitrogens with zero attached hydrogens (tertiary/aromatic N) is 3. The van der Waals surface area contributed by atoms with E-state index in [0.717, 1.165) is 48.0 Å². The topological polar surface area (TPSA) is 93.8 Å². The van der Waals surface area contributed by atoms with Gasteiger partial charge in [0.2, 0.25) is 5.88 Å². The van der Waals surface area contributed by atoms with Gasteiger partial charge >= 0.3 is 0 Å². The lowest BCUT2D eigenvalue weighted by molar-refractivity contribution is 0.0755. The van der Waals surface area contributed by atoms with E-state index in [1.54, 1.807) is 7.11 Å². The van der Waals surface area contributed by atoms with Crippen LogP contribution in [0.25, 0.3) is 21.8 Å². The van der Waals surface area contributed by atoms with Crippen LogP contribution >= 0.6 is 0 Å². The van der Waals surface area contributed by atoms with Gasteiger partial charge in [0.25, 0.3) is 0 Å². The third kappa shape index (κ3) is 5.53. The molecule has 36 heavy (non-hydrogen) atoms. The van der Waals surface area contributed by atoms with Gasteiger partial charge in [0.15, 0.2) is 11.5 Å². The maximum atomic E-state index is 6.14. The number of likely N-dealkylation sites (N-methyl/N-ethyl adjacent to an activating group) is 1. The van der Waals surface area contributed by atoms with E-state index in [2.05, 4.69) is 38.3 Å². The zero-order valence-corrected chi connectivity index (χ0v) is 21.0. The summed E-state index contributed by atoms with van der Waals surface area (Å²) in [5.41, 5.74) is 2.88. The summed E-state index contributed by atoms with van der Waals surface area (Å²) >= 11 is 0. The van der Waals surface area contributed by atoms with Gasteiger partial charge in [-0.15, -0.1) is 0 Å². The molecule has 3 heterocycles. The van der Waals surface area contributed by atoms with Crippen LogP contribution in [-0.2, 0) is 4.74 Å². The van der Waals surface area contributed by atoms with Crippen molar-refractivity contribution >= 4 is 21.8 Å². The van der Waals surface area contributed by atoms with E-state index in [1.165, 1.54) is 6.33 Å². The molecule has 1 saturated heterocycles. The number of benzene rings is 2. The van der Waals surface area contributed by atoms with E-state index >= 15 is 0 Å². The molecule has 4 aromatic rings. The van der Waals surface area contributed by atoms with Crippen LogP contribution in [0.1, 0.15) is 12.1 Å². The highest BCUT2D eigenvalue weighted by molar-refractivity contribution is 5.87. The van der Waals surface area contributed by atoms with Gasteiger partial charge in [0.05, 0.1) is 24.6 Å². The molecule has 2 aromatic carbocycles. The van der Waals surface area contributed by atoms with Crippen LogP contribution in [0, 0.1) is 6.92 Å². The highest BCUT2D eigenvalue weighted by Crippen LogP contribution is 2.36. The minimum absolute atomic E-state index is 0.422. The largest absolute Gasteiger partial charge is 0.493 e. The van der Waals surface area contributed by atoms with Crippen molar-refractivity contribution in [2.45, 2.75) is 19.4 Å². The summed E-state index contributed by atoms with van der Waals surface area (Å²) in [6.07, 6.45) is 2.49.